The van der Waals surface area contributed by atoms with Crippen LogP contribution in [0.1, 0.15) is 194 Å². The van der Waals surface area contributed by atoms with Crippen molar-refractivity contribution in [1.29, 1.82) is 0 Å². The molecule has 0 amide bonds. The smallest absolute Gasteiger partial charge is 0.545 e. The van der Waals surface area contributed by atoms with E-state index in [1.165, 1.54) is 154 Å². The monoisotopic (exact) mass is 602 g/mol. The van der Waals surface area contributed by atoms with Crippen molar-refractivity contribution in [2.75, 3.05) is 0 Å². The third kappa shape index (κ3) is 49.7. The van der Waals surface area contributed by atoms with E-state index in [-0.39, 0.29) is 37.7 Å². The Kier molecular flexibility index (Phi) is 46.0. The van der Waals surface area contributed by atoms with Gasteiger partial charge < -0.3 is 19.8 Å². The van der Waals surface area contributed by atoms with Gasteiger partial charge in [-0.3, -0.25) is 0 Å². The second-order valence-electron chi connectivity index (χ2n) is 11.5. The summed E-state index contributed by atoms with van der Waals surface area (Å²) >= 11 is 0. The van der Waals surface area contributed by atoms with Gasteiger partial charge in [0.2, 0.25) is 0 Å². The van der Waals surface area contributed by atoms with Crippen molar-refractivity contribution < 1.29 is 19.8 Å². The number of unbranched alkanes of at least 4 members (excludes halogenated alkanes) is 26. The molecule has 0 saturated carbocycles. The molecule has 0 rings (SSSR count). The molecule has 4 nitrogen and oxygen atoms in total. The van der Waals surface area contributed by atoms with E-state index in [0.29, 0.717) is 0 Å². The van der Waals surface area contributed by atoms with Gasteiger partial charge >= 0.3 is 37.7 Å². The summed E-state index contributed by atoms with van der Waals surface area (Å²) in [6, 6.07) is 0. The molecular weight excluding hydrogens is 536 g/mol. The first kappa shape index (κ1) is 45.1. The van der Waals surface area contributed by atoms with Crippen LogP contribution in [0, 0.1) is 0 Å². The van der Waals surface area contributed by atoms with Crippen molar-refractivity contribution in [1.82, 2.24) is 0 Å². The Bertz CT molecular complexity index is 524. The molecule has 0 unspecified atom stereocenters. The third-order valence-electron chi connectivity index (χ3n) is 7.46. The first-order chi connectivity index (χ1) is 19.5. The minimum Gasteiger partial charge on any atom is -0.545 e. The third-order valence-corrected chi connectivity index (χ3v) is 7.46. The molecule has 0 N–H and O–H groups in total. The van der Waals surface area contributed by atoms with Gasteiger partial charge in [-0.05, 0) is 37.8 Å². The Labute approximate surface area is 285 Å². The van der Waals surface area contributed by atoms with E-state index >= 15 is 0 Å². The summed E-state index contributed by atoms with van der Waals surface area (Å²) < 4.78 is 0. The molecule has 0 heterocycles. The fourth-order valence-electron chi connectivity index (χ4n) is 4.92. The fourth-order valence-corrected chi connectivity index (χ4v) is 4.92. The van der Waals surface area contributed by atoms with Gasteiger partial charge in [-0.2, -0.15) is 0 Å². The Morgan fingerprint density at radius 3 is 0.780 bits per heavy atom. The largest absolute Gasteiger partial charge is 2.00 e. The molecule has 0 fully saturated rings. The van der Waals surface area contributed by atoms with Crippen LogP contribution in [-0.4, -0.2) is 49.7 Å². The van der Waals surface area contributed by atoms with Crippen LogP contribution in [0.2, 0.25) is 0 Å². The summed E-state index contributed by atoms with van der Waals surface area (Å²) in [4.78, 5) is 20.3. The fraction of sp³-hybridized carbons (Fsp3) is 0.833. The van der Waals surface area contributed by atoms with Crippen molar-refractivity contribution in [3.63, 3.8) is 0 Å². The predicted molar refractivity (Wildman–Crippen MR) is 175 cm³/mol. The van der Waals surface area contributed by atoms with Gasteiger partial charge in [0.15, 0.2) is 0 Å². The van der Waals surface area contributed by atoms with Crippen LogP contribution in [0.15, 0.2) is 24.3 Å². The second kappa shape index (κ2) is 41.8. The Morgan fingerprint density at radius 1 is 0.390 bits per heavy atom. The molecule has 0 aliphatic carbocycles. The molecule has 0 radical (unpaired) electrons. The van der Waals surface area contributed by atoms with Crippen molar-refractivity contribution in [2.24, 2.45) is 0 Å². The number of carboxylic acid groups (broad SMARTS) is 2. The van der Waals surface area contributed by atoms with E-state index < -0.39 is 11.9 Å². The van der Waals surface area contributed by atoms with Crippen LogP contribution >= 0.6 is 0 Å². The van der Waals surface area contributed by atoms with E-state index in [1.807, 2.05) is 0 Å². The van der Waals surface area contributed by atoms with Crippen molar-refractivity contribution in [3.8, 4) is 0 Å². The first-order valence-corrected chi connectivity index (χ1v) is 17.3. The summed E-state index contributed by atoms with van der Waals surface area (Å²) in [5, 5.41) is 20.3. The molecule has 41 heavy (non-hydrogen) atoms. The zero-order chi connectivity index (χ0) is 29.8. The van der Waals surface area contributed by atoms with Gasteiger partial charge in [-0.1, -0.05) is 180 Å². The van der Waals surface area contributed by atoms with Crippen LogP contribution in [0.3, 0.4) is 0 Å². The van der Waals surface area contributed by atoms with Gasteiger partial charge in [-0.25, -0.2) is 0 Å². The number of allylic oxidation sites excluding steroid dienone is 2. The summed E-state index contributed by atoms with van der Waals surface area (Å²) in [6.45, 7) is 4.53. The van der Waals surface area contributed by atoms with Gasteiger partial charge in [0, 0.05) is 0 Å². The quantitative estimate of drug-likeness (QED) is 0.0466. The maximum Gasteiger partial charge on any atom is 2.00 e. The number of aliphatic carboxylic acids is 2. The van der Waals surface area contributed by atoms with Crippen molar-refractivity contribution >= 4 is 49.7 Å². The molecule has 0 aliphatic rings. The summed E-state index contributed by atoms with van der Waals surface area (Å²) in [6.07, 6.45) is 42.4. The summed E-state index contributed by atoms with van der Waals surface area (Å²) in [5.74, 6) is -2.17. The number of rotatable bonds is 30. The summed E-state index contributed by atoms with van der Waals surface area (Å²) in [7, 11) is 0. The predicted octanol–water partition coefficient (Wildman–Crippen LogP) is 9.17. The molecule has 0 aromatic rings. The van der Waals surface area contributed by atoms with E-state index in [0.717, 1.165) is 37.8 Å². The molecule has 0 aromatic carbocycles. The standard InChI is InChI=1S/2C18H34O2.Ca/c2*1-2-3-4-5-6-7-8-9-10-11-12-13-14-15-16-17-18(19)20;/h2*16-17H,2-15H2,1H3,(H,19,20);/q;;+2/p-2/b2*17-16+;. The van der Waals surface area contributed by atoms with Crippen LogP contribution < -0.4 is 10.2 Å². The molecule has 0 aliphatic heterocycles. The number of carboxylic acids is 2. The van der Waals surface area contributed by atoms with Crippen molar-refractivity contribution in [3.05, 3.63) is 24.3 Å². The minimum atomic E-state index is -1.08. The Balaban J connectivity index is -0.000000688. The second-order valence-corrected chi connectivity index (χ2v) is 11.5. The maximum atomic E-state index is 10.1. The van der Waals surface area contributed by atoms with Crippen LogP contribution in [0.4, 0.5) is 0 Å². The molecule has 0 spiro atoms. The van der Waals surface area contributed by atoms with E-state index in [1.54, 1.807) is 12.2 Å². The Hall–Kier alpha value is -0.320. The first-order valence-electron chi connectivity index (χ1n) is 17.3. The van der Waals surface area contributed by atoms with E-state index in [2.05, 4.69) is 13.8 Å². The average Bonchev–Trinajstić information content (AvgIpc) is 2.93. The molecule has 236 valence electrons. The zero-order valence-corrected chi connectivity index (χ0v) is 29.7. The zero-order valence-electron chi connectivity index (χ0n) is 27.4. The average molecular weight is 603 g/mol. The van der Waals surface area contributed by atoms with Crippen LogP contribution in [0.25, 0.3) is 0 Å². The Morgan fingerprint density at radius 2 is 0.585 bits per heavy atom. The minimum absolute atomic E-state index is 0. The SMILES string of the molecule is CCCCCCCCCCCCCCC/C=C/C(=O)[O-].CCCCCCCCCCCCCCC/C=C/C(=O)[O-].[Ca+2]. The molecular formula is C36H66CaO4. The van der Waals surface area contributed by atoms with Crippen molar-refractivity contribution in [2.45, 2.75) is 194 Å². The molecule has 5 heteroatoms. The number of hydrogen-bond donors (Lipinski definition) is 0. The summed E-state index contributed by atoms with van der Waals surface area (Å²) in [5.41, 5.74) is 0. The normalized spacial score (nSPS) is 11.0. The number of carbonyl (C=O) groups is 2. The van der Waals surface area contributed by atoms with E-state index in [4.69, 9.17) is 0 Å². The maximum absolute atomic E-state index is 10.1. The van der Waals surface area contributed by atoms with Gasteiger partial charge in [-0.15, -0.1) is 0 Å². The van der Waals surface area contributed by atoms with Crippen LogP contribution in [-0.2, 0) is 9.59 Å². The number of carbonyl (C=O) groups excluding carboxylic acids is 2. The van der Waals surface area contributed by atoms with Gasteiger partial charge in [0.1, 0.15) is 0 Å². The number of hydrogen-bond acceptors (Lipinski definition) is 4. The van der Waals surface area contributed by atoms with Gasteiger partial charge in [0.05, 0.1) is 11.9 Å². The topological polar surface area (TPSA) is 80.3 Å². The molecule has 0 bridgehead atoms. The molecule has 0 atom stereocenters. The molecule has 0 saturated heterocycles. The van der Waals surface area contributed by atoms with Crippen LogP contribution in [0.5, 0.6) is 0 Å². The molecule has 0 aromatic heterocycles. The van der Waals surface area contributed by atoms with Gasteiger partial charge in [0.25, 0.3) is 0 Å². The van der Waals surface area contributed by atoms with E-state index in [9.17, 15) is 19.8 Å².